The highest BCUT2D eigenvalue weighted by Gasteiger charge is 2.28. The highest BCUT2D eigenvalue weighted by atomic mass is 32.2. The zero-order valence-electron chi connectivity index (χ0n) is 15.2. The standard InChI is InChI=1S/C17H19N5O2S3/c1-7-8(2)26-16-12(7)14(24)18-11(19-16)6-25-9(3)13(23)20-17-22-21-15(27-17)10-4-5-10/h9-10H,4-6H2,1-3H3,(H,18,19,24)(H,20,22,23)/t9-/m0/s1. The van der Waals surface area contributed by atoms with Gasteiger partial charge >= 0.3 is 0 Å². The van der Waals surface area contributed by atoms with Crippen LogP contribution in [-0.4, -0.2) is 31.3 Å². The molecule has 2 N–H and O–H groups in total. The van der Waals surface area contributed by atoms with E-state index in [0.29, 0.717) is 28.0 Å². The van der Waals surface area contributed by atoms with Gasteiger partial charge < -0.3 is 4.98 Å². The molecule has 1 amide bonds. The van der Waals surface area contributed by atoms with Gasteiger partial charge in [0, 0.05) is 10.8 Å². The molecule has 0 aromatic carbocycles. The van der Waals surface area contributed by atoms with E-state index in [0.717, 1.165) is 33.1 Å². The number of hydrogen-bond acceptors (Lipinski definition) is 8. The Morgan fingerprint density at radius 1 is 1.33 bits per heavy atom. The number of carbonyl (C=O) groups is 1. The Kier molecular flexibility index (Phi) is 5.04. The third kappa shape index (κ3) is 3.92. The van der Waals surface area contributed by atoms with E-state index in [4.69, 9.17) is 0 Å². The van der Waals surface area contributed by atoms with Crippen LogP contribution >= 0.6 is 34.4 Å². The summed E-state index contributed by atoms with van der Waals surface area (Å²) in [5.41, 5.74) is 0.870. The number of aromatic amines is 1. The molecule has 0 saturated heterocycles. The topological polar surface area (TPSA) is 101 Å². The minimum Gasteiger partial charge on any atom is -0.309 e. The minimum absolute atomic E-state index is 0.115. The Bertz CT molecular complexity index is 1070. The number of amides is 1. The lowest BCUT2D eigenvalue weighted by Gasteiger charge is -2.09. The molecule has 0 unspecified atom stereocenters. The van der Waals surface area contributed by atoms with Crippen molar-refractivity contribution in [2.24, 2.45) is 0 Å². The van der Waals surface area contributed by atoms with Gasteiger partial charge in [-0.05, 0) is 39.2 Å². The fourth-order valence-electron chi connectivity index (χ4n) is 2.63. The van der Waals surface area contributed by atoms with Gasteiger partial charge in [-0.1, -0.05) is 11.3 Å². The molecule has 1 aliphatic carbocycles. The fourth-order valence-corrected chi connectivity index (χ4v) is 5.35. The normalized spacial score (nSPS) is 15.2. The maximum absolute atomic E-state index is 12.4. The number of carbonyl (C=O) groups excluding carboxylic acids is 1. The van der Waals surface area contributed by atoms with E-state index in [2.05, 4.69) is 25.5 Å². The molecule has 27 heavy (non-hydrogen) atoms. The number of fused-ring (bicyclic) bond motifs is 1. The van der Waals surface area contributed by atoms with Crippen LogP contribution in [0.15, 0.2) is 4.79 Å². The molecule has 1 aliphatic rings. The summed E-state index contributed by atoms with van der Waals surface area (Å²) < 4.78 is 0. The highest BCUT2D eigenvalue weighted by Crippen LogP contribution is 2.42. The van der Waals surface area contributed by atoms with Crippen LogP contribution in [0.4, 0.5) is 5.13 Å². The van der Waals surface area contributed by atoms with Crippen molar-refractivity contribution in [3.63, 3.8) is 0 Å². The summed E-state index contributed by atoms with van der Waals surface area (Å²) in [6.07, 6.45) is 2.32. The molecule has 7 nitrogen and oxygen atoms in total. The lowest BCUT2D eigenvalue weighted by atomic mass is 10.2. The van der Waals surface area contributed by atoms with Crippen molar-refractivity contribution in [1.82, 2.24) is 20.2 Å². The summed E-state index contributed by atoms with van der Waals surface area (Å²) in [7, 11) is 0. The summed E-state index contributed by atoms with van der Waals surface area (Å²) in [5.74, 6) is 1.46. The zero-order chi connectivity index (χ0) is 19.1. The summed E-state index contributed by atoms with van der Waals surface area (Å²) in [6.45, 7) is 5.76. The maximum atomic E-state index is 12.4. The molecular weight excluding hydrogens is 402 g/mol. The smallest absolute Gasteiger partial charge is 0.259 e. The van der Waals surface area contributed by atoms with Crippen LogP contribution in [0.2, 0.25) is 0 Å². The van der Waals surface area contributed by atoms with Crippen LogP contribution in [0.5, 0.6) is 0 Å². The molecule has 1 fully saturated rings. The lowest BCUT2D eigenvalue weighted by Crippen LogP contribution is -2.23. The first-order valence-electron chi connectivity index (χ1n) is 8.67. The van der Waals surface area contributed by atoms with E-state index < -0.39 is 0 Å². The van der Waals surface area contributed by atoms with Gasteiger partial charge in [0.15, 0.2) is 0 Å². The monoisotopic (exact) mass is 421 g/mol. The van der Waals surface area contributed by atoms with Crippen molar-refractivity contribution in [1.29, 1.82) is 0 Å². The van der Waals surface area contributed by atoms with E-state index in [1.165, 1.54) is 34.4 Å². The average molecular weight is 422 g/mol. The number of H-pyrrole nitrogens is 1. The van der Waals surface area contributed by atoms with Crippen LogP contribution in [0.1, 0.15) is 47.0 Å². The molecule has 0 spiro atoms. The summed E-state index contributed by atoms with van der Waals surface area (Å²) in [4.78, 5) is 33.9. The molecule has 1 atom stereocenters. The third-order valence-corrected chi connectivity index (χ3v) is 7.78. The predicted molar refractivity (Wildman–Crippen MR) is 111 cm³/mol. The second-order valence-corrected chi connectivity index (χ2v) is 10.2. The van der Waals surface area contributed by atoms with Gasteiger partial charge in [-0.2, -0.15) is 0 Å². The van der Waals surface area contributed by atoms with Gasteiger partial charge in [0.25, 0.3) is 5.56 Å². The Labute approximate surface area is 168 Å². The number of nitrogens with zero attached hydrogens (tertiary/aromatic N) is 3. The molecule has 3 aromatic heterocycles. The van der Waals surface area contributed by atoms with Crippen molar-refractivity contribution in [3.05, 3.63) is 31.6 Å². The summed E-state index contributed by atoms with van der Waals surface area (Å²) >= 11 is 4.40. The Morgan fingerprint density at radius 2 is 2.11 bits per heavy atom. The molecule has 142 valence electrons. The summed E-state index contributed by atoms with van der Waals surface area (Å²) in [6, 6.07) is 0. The van der Waals surface area contributed by atoms with E-state index >= 15 is 0 Å². The fraction of sp³-hybridized carbons (Fsp3) is 0.471. The van der Waals surface area contributed by atoms with Crippen LogP contribution in [0.3, 0.4) is 0 Å². The van der Waals surface area contributed by atoms with Crippen molar-refractivity contribution in [2.45, 2.75) is 50.5 Å². The van der Waals surface area contributed by atoms with Crippen molar-refractivity contribution >= 4 is 55.7 Å². The number of hydrogen-bond donors (Lipinski definition) is 2. The first kappa shape index (κ1) is 18.6. The second kappa shape index (κ2) is 7.33. The van der Waals surface area contributed by atoms with Gasteiger partial charge in [-0.15, -0.1) is 33.3 Å². The van der Waals surface area contributed by atoms with E-state index in [9.17, 15) is 9.59 Å². The van der Waals surface area contributed by atoms with E-state index in [1.54, 1.807) is 0 Å². The third-order valence-electron chi connectivity index (χ3n) is 4.52. The number of thioether (sulfide) groups is 1. The van der Waals surface area contributed by atoms with E-state index in [1.807, 2.05) is 20.8 Å². The zero-order valence-corrected chi connectivity index (χ0v) is 17.6. The van der Waals surface area contributed by atoms with Crippen molar-refractivity contribution in [2.75, 3.05) is 5.32 Å². The number of aryl methyl sites for hydroxylation is 2. The van der Waals surface area contributed by atoms with Crippen LogP contribution in [0, 0.1) is 13.8 Å². The van der Waals surface area contributed by atoms with Gasteiger partial charge in [0.1, 0.15) is 15.7 Å². The largest absolute Gasteiger partial charge is 0.309 e. The molecule has 3 aromatic rings. The van der Waals surface area contributed by atoms with Gasteiger partial charge in [-0.25, -0.2) is 4.98 Å². The second-order valence-electron chi connectivity index (χ2n) is 6.64. The van der Waals surface area contributed by atoms with Gasteiger partial charge in [0.05, 0.1) is 16.4 Å². The molecule has 3 heterocycles. The number of nitrogens with one attached hydrogen (secondary N) is 2. The number of thiophene rings is 1. The molecular formula is C17H19N5O2S3. The predicted octanol–water partition coefficient (Wildman–Crippen LogP) is 3.59. The number of rotatable bonds is 6. The Morgan fingerprint density at radius 3 is 2.85 bits per heavy atom. The Balaban J connectivity index is 1.39. The maximum Gasteiger partial charge on any atom is 0.259 e. The van der Waals surface area contributed by atoms with Crippen molar-refractivity contribution in [3.8, 4) is 0 Å². The minimum atomic E-state index is -0.300. The van der Waals surface area contributed by atoms with Crippen LogP contribution in [0.25, 0.3) is 10.2 Å². The van der Waals surface area contributed by atoms with Crippen LogP contribution in [-0.2, 0) is 10.5 Å². The van der Waals surface area contributed by atoms with E-state index in [-0.39, 0.29) is 16.7 Å². The molecule has 4 rings (SSSR count). The SMILES string of the molecule is Cc1sc2nc(CS[C@@H](C)C(=O)Nc3nnc(C4CC4)s3)[nH]c(=O)c2c1C. The molecule has 10 heteroatoms. The molecule has 0 radical (unpaired) electrons. The quantitative estimate of drug-likeness (QED) is 0.631. The molecule has 1 saturated carbocycles. The van der Waals surface area contributed by atoms with Gasteiger partial charge in [0.2, 0.25) is 11.0 Å². The van der Waals surface area contributed by atoms with Crippen LogP contribution < -0.4 is 10.9 Å². The number of anilines is 1. The first-order chi connectivity index (χ1) is 12.9. The average Bonchev–Trinajstić information content (AvgIpc) is 3.31. The Hall–Kier alpha value is -1.78. The summed E-state index contributed by atoms with van der Waals surface area (Å²) in [5, 5.41) is 12.9. The van der Waals surface area contributed by atoms with Crippen molar-refractivity contribution < 1.29 is 4.79 Å². The van der Waals surface area contributed by atoms with Gasteiger partial charge in [-0.3, -0.25) is 14.9 Å². The lowest BCUT2D eigenvalue weighted by molar-refractivity contribution is -0.115. The highest BCUT2D eigenvalue weighted by molar-refractivity contribution is 7.99. The number of aromatic nitrogens is 4. The molecule has 0 bridgehead atoms. The first-order valence-corrected chi connectivity index (χ1v) is 11.4. The molecule has 0 aliphatic heterocycles.